The summed E-state index contributed by atoms with van der Waals surface area (Å²) in [6.07, 6.45) is 3.40. The molecule has 1 heterocycles. The number of amides is 2. The highest BCUT2D eigenvalue weighted by atomic mass is 16.6. The standard InChI is InChI=1S/C26H42N4O7/c1-16-27-21(37-28-16)17-8-10-19(14-17)29(7)23(33)36-26(5,6)12-13-30(24(34)35-25(2,3)4)20-11-9-18(15-20)22(31)32/h17-20H,8-15H2,1-7H3,(H,31,32). The lowest BCUT2D eigenvalue weighted by atomic mass is 10.0. The van der Waals surface area contributed by atoms with Gasteiger partial charge in [0.1, 0.15) is 11.2 Å². The molecule has 0 spiro atoms. The van der Waals surface area contributed by atoms with Crippen molar-refractivity contribution < 1.29 is 33.5 Å². The quantitative estimate of drug-likeness (QED) is 0.513. The van der Waals surface area contributed by atoms with Crippen LogP contribution in [0.5, 0.6) is 0 Å². The summed E-state index contributed by atoms with van der Waals surface area (Å²) in [7, 11) is 1.74. The number of aromatic nitrogens is 2. The molecule has 0 bridgehead atoms. The van der Waals surface area contributed by atoms with Crippen LogP contribution in [0.15, 0.2) is 4.52 Å². The maximum Gasteiger partial charge on any atom is 0.410 e. The van der Waals surface area contributed by atoms with Crippen LogP contribution in [0.4, 0.5) is 9.59 Å². The van der Waals surface area contributed by atoms with Crippen LogP contribution in [0, 0.1) is 12.8 Å². The smallest absolute Gasteiger partial charge is 0.410 e. The van der Waals surface area contributed by atoms with E-state index in [1.165, 1.54) is 0 Å². The summed E-state index contributed by atoms with van der Waals surface area (Å²) >= 11 is 0. The summed E-state index contributed by atoms with van der Waals surface area (Å²) < 4.78 is 16.8. The van der Waals surface area contributed by atoms with Gasteiger partial charge in [0.2, 0.25) is 5.89 Å². The number of ether oxygens (including phenoxy) is 2. The first kappa shape index (κ1) is 28.7. The summed E-state index contributed by atoms with van der Waals surface area (Å²) in [5.41, 5.74) is -1.53. The monoisotopic (exact) mass is 522 g/mol. The normalized spacial score (nSPS) is 24.1. The van der Waals surface area contributed by atoms with Gasteiger partial charge in [-0.15, -0.1) is 0 Å². The van der Waals surface area contributed by atoms with E-state index >= 15 is 0 Å². The van der Waals surface area contributed by atoms with Crippen molar-refractivity contribution >= 4 is 18.2 Å². The Morgan fingerprint density at radius 3 is 2.24 bits per heavy atom. The number of hydrogen-bond donors (Lipinski definition) is 1. The Labute approximate surface area is 218 Å². The van der Waals surface area contributed by atoms with E-state index in [4.69, 9.17) is 14.0 Å². The molecular formula is C26H42N4O7. The number of rotatable bonds is 8. The van der Waals surface area contributed by atoms with Gasteiger partial charge < -0.3 is 28.9 Å². The number of aryl methyl sites for hydroxylation is 1. The second-order valence-electron chi connectivity index (χ2n) is 12.0. The fraction of sp³-hybridized carbons (Fsp3) is 0.808. The van der Waals surface area contributed by atoms with Crippen LogP contribution in [0.3, 0.4) is 0 Å². The zero-order valence-corrected chi connectivity index (χ0v) is 23.2. The Morgan fingerprint density at radius 2 is 1.68 bits per heavy atom. The van der Waals surface area contributed by atoms with Crippen molar-refractivity contribution in [3.8, 4) is 0 Å². The summed E-state index contributed by atoms with van der Waals surface area (Å²) in [5.74, 6) is 0.0248. The van der Waals surface area contributed by atoms with Gasteiger partial charge in [0.15, 0.2) is 5.82 Å². The van der Waals surface area contributed by atoms with Crippen LogP contribution in [-0.2, 0) is 14.3 Å². The second kappa shape index (κ2) is 11.3. The second-order valence-corrected chi connectivity index (χ2v) is 12.0. The van der Waals surface area contributed by atoms with E-state index in [0.29, 0.717) is 37.4 Å². The lowest BCUT2D eigenvalue weighted by molar-refractivity contribution is -0.141. The van der Waals surface area contributed by atoms with Crippen LogP contribution >= 0.6 is 0 Å². The molecule has 2 aliphatic carbocycles. The van der Waals surface area contributed by atoms with Gasteiger partial charge in [0.05, 0.1) is 5.92 Å². The average Bonchev–Trinajstić information content (AvgIpc) is 3.52. The lowest BCUT2D eigenvalue weighted by Crippen LogP contribution is -2.46. The molecule has 2 amide bonds. The molecule has 2 aliphatic rings. The molecule has 11 heteroatoms. The Kier molecular flexibility index (Phi) is 8.74. The highest BCUT2D eigenvalue weighted by Crippen LogP contribution is 2.36. The van der Waals surface area contributed by atoms with Crippen molar-refractivity contribution in [3.63, 3.8) is 0 Å². The third-order valence-corrected chi connectivity index (χ3v) is 7.27. The van der Waals surface area contributed by atoms with Gasteiger partial charge in [-0.25, -0.2) is 9.59 Å². The molecule has 4 unspecified atom stereocenters. The van der Waals surface area contributed by atoms with E-state index in [9.17, 15) is 19.5 Å². The average molecular weight is 523 g/mol. The summed E-state index contributed by atoms with van der Waals surface area (Å²) in [5, 5.41) is 13.3. The molecule has 3 rings (SSSR count). The number of carbonyl (C=O) groups is 3. The largest absolute Gasteiger partial charge is 0.481 e. The molecule has 2 fully saturated rings. The SMILES string of the molecule is Cc1noc(C2CCC(N(C)C(=O)OC(C)(C)CCN(C(=O)OC(C)(C)C)C3CCC(C(=O)O)C3)C2)n1. The molecule has 2 saturated carbocycles. The van der Waals surface area contributed by atoms with Gasteiger partial charge in [0, 0.05) is 38.0 Å². The van der Waals surface area contributed by atoms with E-state index in [1.807, 2.05) is 13.8 Å². The minimum atomic E-state index is -0.849. The third-order valence-electron chi connectivity index (χ3n) is 7.27. The van der Waals surface area contributed by atoms with Crippen molar-refractivity contribution in [1.29, 1.82) is 0 Å². The highest BCUT2D eigenvalue weighted by molar-refractivity contribution is 5.72. The van der Waals surface area contributed by atoms with Crippen molar-refractivity contribution in [2.24, 2.45) is 5.92 Å². The molecule has 1 aromatic heterocycles. The van der Waals surface area contributed by atoms with E-state index in [-0.39, 0.29) is 24.5 Å². The van der Waals surface area contributed by atoms with Crippen LogP contribution in [0.1, 0.15) is 97.2 Å². The van der Waals surface area contributed by atoms with E-state index in [2.05, 4.69) is 10.1 Å². The van der Waals surface area contributed by atoms with Gasteiger partial charge in [-0.3, -0.25) is 4.79 Å². The number of nitrogens with zero attached hydrogens (tertiary/aromatic N) is 4. The maximum atomic E-state index is 13.0. The molecule has 0 radical (unpaired) electrons. The number of carboxylic acid groups (broad SMARTS) is 1. The number of hydrogen-bond acceptors (Lipinski definition) is 8. The van der Waals surface area contributed by atoms with Crippen molar-refractivity contribution in [2.75, 3.05) is 13.6 Å². The summed E-state index contributed by atoms with van der Waals surface area (Å²) in [6, 6.07) is -0.223. The summed E-state index contributed by atoms with van der Waals surface area (Å²) in [6.45, 7) is 11.1. The molecule has 0 aliphatic heterocycles. The van der Waals surface area contributed by atoms with Crippen LogP contribution in [0.2, 0.25) is 0 Å². The maximum absolute atomic E-state index is 13.0. The van der Waals surface area contributed by atoms with Gasteiger partial charge in [-0.05, 0) is 80.1 Å². The zero-order chi connectivity index (χ0) is 27.5. The van der Waals surface area contributed by atoms with E-state index < -0.39 is 35.3 Å². The van der Waals surface area contributed by atoms with Gasteiger partial charge in [-0.2, -0.15) is 4.98 Å². The van der Waals surface area contributed by atoms with Crippen molar-refractivity contribution in [2.45, 2.75) is 116 Å². The fourth-order valence-corrected chi connectivity index (χ4v) is 5.12. The zero-order valence-electron chi connectivity index (χ0n) is 23.2. The number of carboxylic acids is 1. The minimum absolute atomic E-state index is 0.00482. The lowest BCUT2D eigenvalue weighted by Gasteiger charge is -2.35. The number of aliphatic carboxylic acids is 1. The molecular weight excluding hydrogens is 480 g/mol. The highest BCUT2D eigenvalue weighted by Gasteiger charge is 2.39. The molecule has 208 valence electrons. The Hall–Kier alpha value is -2.85. The molecule has 4 atom stereocenters. The number of carbonyl (C=O) groups excluding carboxylic acids is 2. The molecule has 37 heavy (non-hydrogen) atoms. The molecule has 11 nitrogen and oxygen atoms in total. The van der Waals surface area contributed by atoms with Crippen LogP contribution in [-0.4, -0.2) is 80.1 Å². The first-order valence-electron chi connectivity index (χ1n) is 13.1. The topological polar surface area (TPSA) is 135 Å². The Balaban J connectivity index is 1.58. The van der Waals surface area contributed by atoms with Gasteiger partial charge in [-0.1, -0.05) is 5.16 Å². The van der Waals surface area contributed by atoms with E-state index in [0.717, 1.165) is 19.3 Å². The van der Waals surface area contributed by atoms with Gasteiger partial charge in [0.25, 0.3) is 0 Å². The molecule has 0 aromatic carbocycles. The third kappa shape index (κ3) is 7.82. The van der Waals surface area contributed by atoms with Crippen LogP contribution < -0.4 is 0 Å². The Bertz CT molecular complexity index is 970. The predicted octanol–water partition coefficient (Wildman–Crippen LogP) is 4.74. The summed E-state index contributed by atoms with van der Waals surface area (Å²) in [4.78, 5) is 45.1. The molecule has 1 aromatic rings. The van der Waals surface area contributed by atoms with Gasteiger partial charge >= 0.3 is 18.2 Å². The first-order valence-corrected chi connectivity index (χ1v) is 13.1. The minimum Gasteiger partial charge on any atom is -0.481 e. The van der Waals surface area contributed by atoms with Crippen molar-refractivity contribution in [1.82, 2.24) is 19.9 Å². The van der Waals surface area contributed by atoms with Crippen molar-refractivity contribution in [3.05, 3.63) is 11.7 Å². The molecule has 1 N–H and O–H groups in total. The van der Waals surface area contributed by atoms with E-state index in [1.54, 1.807) is 44.5 Å². The fourth-order valence-electron chi connectivity index (χ4n) is 5.12. The predicted molar refractivity (Wildman–Crippen MR) is 134 cm³/mol. The first-order chi connectivity index (χ1) is 17.1. The van der Waals surface area contributed by atoms with Crippen LogP contribution in [0.25, 0.3) is 0 Å². The molecule has 0 saturated heterocycles. The Morgan fingerprint density at radius 1 is 1.00 bits per heavy atom.